The van der Waals surface area contributed by atoms with Crippen molar-refractivity contribution in [1.29, 1.82) is 0 Å². The summed E-state index contributed by atoms with van der Waals surface area (Å²) in [5, 5.41) is 7.53. The predicted molar refractivity (Wildman–Crippen MR) is 87.3 cm³/mol. The lowest BCUT2D eigenvalue weighted by Crippen LogP contribution is -2.29. The van der Waals surface area contributed by atoms with Crippen LogP contribution in [0.4, 0.5) is 5.69 Å². The number of rotatable bonds is 2. The molecular formula is C17H15ClN2O2. The number of fused-ring (bicyclic) bond motifs is 3. The van der Waals surface area contributed by atoms with Crippen LogP contribution < -0.4 is 14.5 Å². The van der Waals surface area contributed by atoms with Crippen LogP contribution in [0.15, 0.2) is 47.6 Å². The number of methoxy groups -OCH3 is 1. The van der Waals surface area contributed by atoms with Crippen molar-refractivity contribution in [3.05, 3.63) is 53.1 Å². The fourth-order valence-corrected chi connectivity index (χ4v) is 3.07. The third kappa shape index (κ3) is 2.11. The number of ether oxygens (including phenoxy) is 2. The van der Waals surface area contributed by atoms with Crippen molar-refractivity contribution in [1.82, 2.24) is 0 Å². The van der Waals surface area contributed by atoms with Crippen molar-refractivity contribution < 1.29 is 9.47 Å². The quantitative estimate of drug-likeness (QED) is 0.849. The molecule has 0 radical (unpaired) electrons. The highest BCUT2D eigenvalue weighted by Gasteiger charge is 2.35. The van der Waals surface area contributed by atoms with Crippen molar-refractivity contribution in [2.75, 3.05) is 25.3 Å². The fourth-order valence-electron chi connectivity index (χ4n) is 2.94. The molecule has 22 heavy (non-hydrogen) atoms. The summed E-state index contributed by atoms with van der Waals surface area (Å²) >= 11 is 5.95. The molecule has 2 aliphatic rings. The zero-order chi connectivity index (χ0) is 15.1. The van der Waals surface area contributed by atoms with E-state index in [-0.39, 0.29) is 5.92 Å². The lowest BCUT2D eigenvalue weighted by molar-refractivity contribution is 0.263. The number of benzene rings is 2. The first-order chi connectivity index (χ1) is 10.8. The normalized spacial score (nSPS) is 19.1. The summed E-state index contributed by atoms with van der Waals surface area (Å²) in [6, 6.07) is 13.6. The van der Waals surface area contributed by atoms with Crippen molar-refractivity contribution in [3.8, 4) is 11.5 Å². The van der Waals surface area contributed by atoms with Gasteiger partial charge in [-0.2, -0.15) is 5.10 Å². The van der Waals surface area contributed by atoms with Gasteiger partial charge in [-0.05, 0) is 36.4 Å². The highest BCUT2D eigenvalue weighted by molar-refractivity contribution is 6.30. The monoisotopic (exact) mass is 314 g/mol. The van der Waals surface area contributed by atoms with Crippen LogP contribution in [0.1, 0.15) is 5.56 Å². The molecule has 4 rings (SSSR count). The number of para-hydroxylation sites is 1. The first kappa shape index (κ1) is 13.5. The van der Waals surface area contributed by atoms with Gasteiger partial charge in [0.25, 0.3) is 0 Å². The van der Waals surface area contributed by atoms with Crippen LogP contribution in [0.5, 0.6) is 11.5 Å². The average Bonchev–Trinajstić information content (AvgIpc) is 2.99. The van der Waals surface area contributed by atoms with E-state index >= 15 is 0 Å². The maximum atomic E-state index is 5.95. The molecule has 1 atom stereocenters. The Morgan fingerprint density at radius 1 is 1.23 bits per heavy atom. The molecule has 2 aliphatic heterocycles. The second kappa shape index (κ2) is 5.21. The number of nitrogens with zero attached hydrogens (tertiary/aromatic N) is 2. The van der Waals surface area contributed by atoms with E-state index in [1.54, 1.807) is 7.11 Å². The summed E-state index contributed by atoms with van der Waals surface area (Å²) in [5.41, 5.74) is 3.12. The Morgan fingerprint density at radius 3 is 2.82 bits per heavy atom. The van der Waals surface area contributed by atoms with Gasteiger partial charge in [0.15, 0.2) is 11.5 Å². The van der Waals surface area contributed by atoms with Gasteiger partial charge in [0, 0.05) is 10.6 Å². The minimum absolute atomic E-state index is 0.273. The van der Waals surface area contributed by atoms with Gasteiger partial charge in [0.2, 0.25) is 0 Å². The van der Waals surface area contributed by atoms with E-state index in [1.165, 1.54) is 0 Å². The zero-order valence-electron chi connectivity index (χ0n) is 12.1. The van der Waals surface area contributed by atoms with Gasteiger partial charge in [-0.15, -0.1) is 0 Å². The summed E-state index contributed by atoms with van der Waals surface area (Å²) in [7, 11) is 1.65. The second-order valence-corrected chi connectivity index (χ2v) is 5.83. The molecule has 2 heterocycles. The molecule has 0 bridgehead atoms. The minimum atomic E-state index is 0.273. The standard InChI is InChI=1S/C17H15ClN2O2/c1-21-15-4-2-3-14-16-11(10-22-17(14)15)9-20(19-16)13-7-5-12(18)6-8-13/h2-8,11H,9-10H2,1H3. The third-order valence-electron chi connectivity index (χ3n) is 4.04. The lowest BCUT2D eigenvalue weighted by Gasteiger charge is -2.24. The predicted octanol–water partition coefficient (Wildman–Crippen LogP) is 3.58. The molecule has 0 fully saturated rings. The van der Waals surface area contributed by atoms with Crippen LogP contribution in [0.3, 0.4) is 0 Å². The molecule has 0 aliphatic carbocycles. The minimum Gasteiger partial charge on any atom is -0.493 e. The molecule has 0 aromatic heterocycles. The first-order valence-electron chi connectivity index (χ1n) is 7.18. The first-order valence-corrected chi connectivity index (χ1v) is 7.56. The Bertz CT molecular complexity index is 743. The third-order valence-corrected chi connectivity index (χ3v) is 4.29. The Labute approximate surface area is 133 Å². The van der Waals surface area contributed by atoms with Gasteiger partial charge in [0.05, 0.1) is 37.6 Å². The lowest BCUT2D eigenvalue weighted by atomic mass is 9.95. The molecule has 112 valence electrons. The van der Waals surface area contributed by atoms with E-state index in [0.717, 1.165) is 40.0 Å². The van der Waals surface area contributed by atoms with Crippen molar-refractivity contribution in [3.63, 3.8) is 0 Å². The maximum Gasteiger partial charge on any atom is 0.170 e. The van der Waals surface area contributed by atoms with E-state index in [1.807, 2.05) is 47.5 Å². The van der Waals surface area contributed by atoms with Crippen molar-refractivity contribution in [2.45, 2.75) is 0 Å². The highest BCUT2D eigenvalue weighted by Crippen LogP contribution is 2.39. The molecular weight excluding hydrogens is 300 g/mol. The largest absolute Gasteiger partial charge is 0.493 e. The Kier molecular flexibility index (Phi) is 3.19. The van der Waals surface area contributed by atoms with E-state index in [4.69, 9.17) is 26.2 Å². The van der Waals surface area contributed by atoms with Crippen LogP contribution >= 0.6 is 11.6 Å². The summed E-state index contributed by atoms with van der Waals surface area (Å²) in [6.45, 7) is 1.43. The van der Waals surface area contributed by atoms with Crippen LogP contribution in [-0.2, 0) is 0 Å². The molecule has 1 unspecified atom stereocenters. The molecule has 2 aromatic carbocycles. The molecule has 0 spiro atoms. The summed E-state index contributed by atoms with van der Waals surface area (Å²) in [5.74, 6) is 1.82. The number of hydrazone groups is 1. The molecule has 4 nitrogen and oxygen atoms in total. The van der Waals surface area contributed by atoms with Gasteiger partial charge >= 0.3 is 0 Å². The summed E-state index contributed by atoms with van der Waals surface area (Å²) < 4.78 is 11.3. The second-order valence-electron chi connectivity index (χ2n) is 5.39. The molecule has 2 aromatic rings. The molecule has 0 amide bonds. The van der Waals surface area contributed by atoms with Gasteiger partial charge in [-0.25, -0.2) is 0 Å². The van der Waals surface area contributed by atoms with E-state index in [0.29, 0.717) is 6.61 Å². The van der Waals surface area contributed by atoms with Crippen LogP contribution in [0.25, 0.3) is 0 Å². The van der Waals surface area contributed by atoms with Gasteiger partial charge < -0.3 is 9.47 Å². The highest BCUT2D eigenvalue weighted by atomic mass is 35.5. The SMILES string of the molecule is COc1cccc2c1OCC1CN(c3ccc(Cl)cc3)N=C21. The topological polar surface area (TPSA) is 34.1 Å². The van der Waals surface area contributed by atoms with E-state index in [2.05, 4.69) is 0 Å². The Balaban J connectivity index is 1.73. The van der Waals surface area contributed by atoms with Gasteiger partial charge in [0.1, 0.15) is 0 Å². The van der Waals surface area contributed by atoms with Gasteiger partial charge in [-0.1, -0.05) is 17.7 Å². The number of anilines is 1. The van der Waals surface area contributed by atoms with Crippen molar-refractivity contribution in [2.24, 2.45) is 11.0 Å². The average molecular weight is 315 g/mol. The number of hydrogen-bond donors (Lipinski definition) is 0. The fraction of sp³-hybridized carbons (Fsp3) is 0.235. The number of halogens is 1. The molecule has 5 heteroatoms. The smallest absolute Gasteiger partial charge is 0.170 e. The molecule has 0 saturated carbocycles. The zero-order valence-corrected chi connectivity index (χ0v) is 12.9. The molecule has 0 N–H and O–H groups in total. The van der Waals surface area contributed by atoms with Gasteiger partial charge in [-0.3, -0.25) is 5.01 Å². The Morgan fingerprint density at radius 2 is 2.05 bits per heavy atom. The maximum absolute atomic E-state index is 5.95. The van der Waals surface area contributed by atoms with E-state index in [9.17, 15) is 0 Å². The Hall–Kier alpha value is -2.20. The van der Waals surface area contributed by atoms with Crippen LogP contribution in [-0.4, -0.2) is 26.0 Å². The van der Waals surface area contributed by atoms with Crippen molar-refractivity contribution >= 4 is 23.0 Å². The van der Waals surface area contributed by atoms with Crippen LogP contribution in [0, 0.1) is 5.92 Å². The molecule has 0 saturated heterocycles. The summed E-state index contributed by atoms with van der Waals surface area (Å²) in [6.07, 6.45) is 0. The number of hydrogen-bond acceptors (Lipinski definition) is 4. The van der Waals surface area contributed by atoms with E-state index < -0.39 is 0 Å². The van der Waals surface area contributed by atoms with Crippen LogP contribution in [0.2, 0.25) is 5.02 Å². The summed E-state index contributed by atoms with van der Waals surface area (Å²) in [4.78, 5) is 0.